The van der Waals surface area contributed by atoms with Crippen LogP contribution in [0.3, 0.4) is 0 Å². The average molecular weight is 559 g/mol. The zero-order valence-corrected chi connectivity index (χ0v) is 25.0. The Bertz CT molecular complexity index is 1210. The van der Waals surface area contributed by atoms with Crippen LogP contribution >= 0.6 is 0 Å². The summed E-state index contributed by atoms with van der Waals surface area (Å²) in [5, 5.41) is 5.50. The van der Waals surface area contributed by atoms with E-state index < -0.39 is 12.2 Å². The lowest BCUT2D eigenvalue weighted by molar-refractivity contribution is 0.214. The third-order valence-corrected chi connectivity index (χ3v) is 7.13. The van der Waals surface area contributed by atoms with E-state index in [2.05, 4.69) is 24.5 Å². The van der Waals surface area contributed by atoms with Crippen LogP contribution in [0, 0.1) is 6.92 Å². The second kappa shape index (κ2) is 17.8. The molecule has 0 radical (unpaired) electrons. The smallest absolute Gasteiger partial charge is 0.410 e. The molecule has 0 heterocycles. The molecule has 41 heavy (non-hydrogen) atoms. The highest BCUT2D eigenvalue weighted by atomic mass is 16.6. The summed E-state index contributed by atoms with van der Waals surface area (Å²) in [6.07, 6.45) is 13.3. The van der Waals surface area contributed by atoms with Gasteiger partial charge in [-0.15, -0.1) is 0 Å². The van der Waals surface area contributed by atoms with Crippen LogP contribution in [0.1, 0.15) is 94.7 Å². The van der Waals surface area contributed by atoms with Gasteiger partial charge in [0.05, 0.1) is 0 Å². The summed E-state index contributed by atoms with van der Waals surface area (Å²) in [6.45, 7) is 6.31. The highest BCUT2D eigenvalue weighted by molar-refractivity contribution is 5.91. The molecule has 0 aliphatic rings. The highest BCUT2D eigenvalue weighted by Crippen LogP contribution is 2.23. The van der Waals surface area contributed by atoms with Gasteiger partial charge in [-0.1, -0.05) is 95.5 Å². The fourth-order valence-corrected chi connectivity index (χ4v) is 4.64. The molecule has 0 atom stereocenters. The fraction of sp³-hybridized carbons (Fsp3) is 0.429. The van der Waals surface area contributed by atoms with Crippen molar-refractivity contribution in [1.29, 1.82) is 0 Å². The third kappa shape index (κ3) is 12.1. The molecule has 6 nitrogen and oxygen atoms in total. The molecule has 0 aliphatic heterocycles. The van der Waals surface area contributed by atoms with E-state index in [1.54, 1.807) is 12.1 Å². The average Bonchev–Trinajstić information content (AvgIpc) is 2.96. The molecular formula is C35H46N2O4. The molecule has 0 bridgehead atoms. The maximum Gasteiger partial charge on any atom is 0.417 e. The number of rotatable bonds is 16. The quantitative estimate of drug-likeness (QED) is 0.171. The van der Waals surface area contributed by atoms with Gasteiger partial charge in [0.15, 0.2) is 0 Å². The number of carbonyl (C=O) groups is 2. The minimum Gasteiger partial charge on any atom is -0.410 e. The van der Waals surface area contributed by atoms with E-state index in [0.717, 1.165) is 18.4 Å². The number of benzene rings is 3. The van der Waals surface area contributed by atoms with E-state index >= 15 is 0 Å². The van der Waals surface area contributed by atoms with Gasteiger partial charge in [-0.25, -0.2) is 9.59 Å². The van der Waals surface area contributed by atoms with Crippen LogP contribution in [-0.4, -0.2) is 12.2 Å². The first-order chi connectivity index (χ1) is 20.0. The Labute approximate surface area is 245 Å². The topological polar surface area (TPSA) is 76.7 Å². The van der Waals surface area contributed by atoms with Crippen LogP contribution in [0.2, 0.25) is 0 Å². The maximum absolute atomic E-state index is 12.6. The summed E-state index contributed by atoms with van der Waals surface area (Å²) < 4.78 is 10.9. The van der Waals surface area contributed by atoms with E-state index in [1.165, 1.54) is 75.3 Å². The normalized spacial score (nSPS) is 10.7. The minimum atomic E-state index is -0.597. The predicted molar refractivity (Wildman–Crippen MR) is 168 cm³/mol. The van der Waals surface area contributed by atoms with E-state index in [4.69, 9.17) is 9.47 Å². The standard InChI is InChI=1S/C35H46N2O4/c1-4-6-8-10-12-14-28-17-22-31(23-18-28)40-34(38)36-30-21-16-27(3)33(26-30)37-35(39)41-32-24-19-29(20-25-32)15-13-11-9-7-5-2/h16-26H,4-15H2,1-3H3,(H,36,38)(H,37,39). The SMILES string of the molecule is CCCCCCCc1ccc(OC(=O)Nc2ccc(C)c(NC(=O)Oc3ccc(CCCCCCC)cc3)c2)cc1. The fourth-order valence-electron chi connectivity index (χ4n) is 4.64. The van der Waals surface area contributed by atoms with Gasteiger partial charge in [-0.2, -0.15) is 0 Å². The predicted octanol–water partition coefficient (Wildman–Crippen LogP) is 10.2. The lowest BCUT2D eigenvalue weighted by Crippen LogP contribution is -2.19. The Hall–Kier alpha value is -3.80. The van der Waals surface area contributed by atoms with Crippen LogP contribution < -0.4 is 20.1 Å². The molecule has 2 N–H and O–H groups in total. The summed E-state index contributed by atoms with van der Waals surface area (Å²) in [4.78, 5) is 25.1. The first-order valence-electron chi connectivity index (χ1n) is 15.2. The summed E-state index contributed by atoms with van der Waals surface area (Å²) in [7, 11) is 0. The van der Waals surface area contributed by atoms with E-state index in [-0.39, 0.29) is 0 Å². The highest BCUT2D eigenvalue weighted by Gasteiger charge is 2.11. The van der Waals surface area contributed by atoms with Crippen LogP contribution in [0.15, 0.2) is 66.7 Å². The van der Waals surface area contributed by atoms with Crippen molar-refractivity contribution >= 4 is 23.6 Å². The van der Waals surface area contributed by atoms with Crippen molar-refractivity contribution in [2.24, 2.45) is 0 Å². The van der Waals surface area contributed by atoms with Crippen molar-refractivity contribution in [2.45, 2.75) is 97.8 Å². The molecule has 0 fully saturated rings. The number of hydrogen-bond donors (Lipinski definition) is 2. The van der Waals surface area contributed by atoms with Gasteiger partial charge < -0.3 is 9.47 Å². The van der Waals surface area contributed by atoms with Gasteiger partial charge >= 0.3 is 12.2 Å². The van der Waals surface area contributed by atoms with Crippen LogP contribution in [0.5, 0.6) is 11.5 Å². The molecule has 220 valence electrons. The summed E-state index contributed by atoms with van der Waals surface area (Å²) in [5.41, 5.74) is 4.36. The number of anilines is 2. The van der Waals surface area contributed by atoms with Gasteiger partial charge in [0.1, 0.15) is 11.5 Å². The number of ether oxygens (including phenoxy) is 2. The van der Waals surface area contributed by atoms with Crippen molar-refractivity contribution < 1.29 is 19.1 Å². The molecule has 0 spiro atoms. The molecule has 3 rings (SSSR count). The molecule has 0 unspecified atom stereocenters. The molecule has 3 aromatic carbocycles. The Morgan fingerprint density at radius 1 is 0.585 bits per heavy atom. The molecule has 0 saturated heterocycles. The van der Waals surface area contributed by atoms with Crippen molar-refractivity contribution in [3.8, 4) is 11.5 Å². The van der Waals surface area contributed by atoms with Gasteiger partial charge in [0.2, 0.25) is 0 Å². The molecule has 0 aromatic heterocycles. The maximum atomic E-state index is 12.6. The number of carbonyl (C=O) groups excluding carboxylic acids is 2. The molecular weight excluding hydrogens is 512 g/mol. The zero-order valence-electron chi connectivity index (χ0n) is 25.0. The molecule has 6 heteroatoms. The molecule has 0 saturated carbocycles. The monoisotopic (exact) mass is 558 g/mol. The van der Waals surface area contributed by atoms with Gasteiger partial charge in [0.25, 0.3) is 0 Å². The van der Waals surface area contributed by atoms with Crippen molar-refractivity contribution in [3.05, 3.63) is 83.4 Å². The Kier molecular flexibility index (Phi) is 13.8. The van der Waals surface area contributed by atoms with Crippen molar-refractivity contribution in [3.63, 3.8) is 0 Å². The van der Waals surface area contributed by atoms with Crippen LogP contribution in [0.25, 0.3) is 0 Å². The van der Waals surface area contributed by atoms with E-state index in [1.807, 2.05) is 61.5 Å². The number of unbranched alkanes of at least 4 members (excludes halogenated alkanes) is 8. The largest absolute Gasteiger partial charge is 0.417 e. The van der Waals surface area contributed by atoms with Gasteiger partial charge in [-0.05, 0) is 85.7 Å². The molecule has 3 aromatic rings. The lowest BCUT2D eigenvalue weighted by Gasteiger charge is -2.12. The summed E-state index contributed by atoms with van der Waals surface area (Å²) >= 11 is 0. The summed E-state index contributed by atoms with van der Waals surface area (Å²) in [5.74, 6) is 0.962. The number of aryl methyl sites for hydroxylation is 3. The van der Waals surface area contributed by atoms with Gasteiger partial charge in [-0.3, -0.25) is 10.6 Å². The van der Waals surface area contributed by atoms with E-state index in [9.17, 15) is 9.59 Å². The lowest BCUT2D eigenvalue weighted by atomic mass is 10.1. The second-order valence-electron chi connectivity index (χ2n) is 10.7. The summed E-state index contributed by atoms with van der Waals surface area (Å²) in [6, 6.07) is 20.6. The molecule has 2 amide bonds. The first kappa shape index (κ1) is 31.7. The van der Waals surface area contributed by atoms with Crippen molar-refractivity contribution in [2.75, 3.05) is 10.6 Å². The van der Waals surface area contributed by atoms with Crippen LogP contribution in [-0.2, 0) is 12.8 Å². The van der Waals surface area contributed by atoms with Crippen molar-refractivity contribution in [1.82, 2.24) is 0 Å². The minimum absolute atomic E-state index is 0.480. The number of hydrogen-bond acceptors (Lipinski definition) is 4. The van der Waals surface area contributed by atoms with Crippen LogP contribution in [0.4, 0.5) is 21.0 Å². The Morgan fingerprint density at radius 3 is 1.54 bits per heavy atom. The first-order valence-corrected chi connectivity index (χ1v) is 15.2. The Morgan fingerprint density at radius 2 is 1.05 bits per heavy atom. The Balaban J connectivity index is 1.45. The molecule has 0 aliphatic carbocycles. The zero-order chi connectivity index (χ0) is 29.3. The van der Waals surface area contributed by atoms with Gasteiger partial charge in [0, 0.05) is 11.4 Å². The number of amides is 2. The second-order valence-corrected chi connectivity index (χ2v) is 10.7. The van der Waals surface area contributed by atoms with E-state index in [0.29, 0.717) is 22.9 Å². The number of nitrogens with one attached hydrogen (secondary N) is 2. The third-order valence-electron chi connectivity index (χ3n) is 7.13.